The summed E-state index contributed by atoms with van der Waals surface area (Å²) in [5, 5.41) is 0. The molecule has 0 heterocycles. The monoisotopic (exact) mass is 168 g/mol. The Labute approximate surface area is 78.1 Å². The molecule has 0 N–H and O–H groups in total. The van der Waals surface area contributed by atoms with Gasteiger partial charge < -0.3 is 0 Å². The van der Waals surface area contributed by atoms with Gasteiger partial charge in [-0.1, -0.05) is 45.8 Å². The maximum Gasteiger partial charge on any atom is -0.0170 e. The Morgan fingerprint density at radius 3 is 1.58 bits per heavy atom. The Hall–Kier alpha value is -0.260. The number of allylic oxidation sites excluding steroid dienone is 2. The Kier molecular flexibility index (Phi) is 4.02. The molecule has 0 bridgehead atoms. The normalized spacial score (nSPS) is 12.0. The summed E-state index contributed by atoms with van der Waals surface area (Å²) in [6.45, 7) is 15.9. The second-order valence-electron chi connectivity index (χ2n) is 5.33. The lowest BCUT2D eigenvalue weighted by atomic mass is 9.79. The molecule has 0 unspecified atom stereocenters. The lowest BCUT2D eigenvalue weighted by molar-refractivity contribution is 0.448. The van der Waals surface area contributed by atoms with Gasteiger partial charge in [-0.3, -0.25) is 0 Å². The van der Waals surface area contributed by atoms with Gasteiger partial charge in [0.15, 0.2) is 0 Å². The summed E-state index contributed by atoms with van der Waals surface area (Å²) in [5.41, 5.74) is 3.47. The summed E-state index contributed by atoms with van der Waals surface area (Å²) in [7, 11) is 0. The van der Waals surface area contributed by atoms with Crippen molar-refractivity contribution >= 4 is 0 Å². The summed E-state index contributed by atoms with van der Waals surface area (Å²) in [5.74, 6) is 0.772. The van der Waals surface area contributed by atoms with Crippen molar-refractivity contribution in [1.29, 1.82) is 0 Å². The van der Waals surface area contributed by atoms with Crippen LogP contribution in [0.25, 0.3) is 0 Å². The van der Waals surface area contributed by atoms with Crippen LogP contribution in [0, 0.1) is 11.3 Å². The maximum atomic E-state index is 2.30. The molecule has 0 aromatic carbocycles. The van der Waals surface area contributed by atoms with Gasteiger partial charge in [0.05, 0.1) is 0 Å². The van der Waals surface area contributed by atoms with Crippen LogP contribution in [-0.2, 0) is 0 Å². The molecule has 0 aromatic heterocycles. The summed E-state index contributed by atoms with van der Waals surface area (Å²) < 4.78 is 0. The molecule has 0 aromatic rings. The molecule has 0 rings (SSSR count). The van der Waals surface area contributed by atoms with Crippen molar-refractivity contribution in [1.82, 2.24) is 0 Å². The van der Waals surface area contributed by atoms with Crippen LogP contribution < -0.4 is 0 Å². The number of rotatable bonds is 2. The van der Waals surface area contributed by atoms with Crippen LogP contribution in [0.4, 0.5) is 0 Å². The highest BCUT2D eigenvalue weighted by Gasteiger charge is 2.18. The Morgan fingerprint density at radius 2 is 1.50 bits per heavy atom. The van der Waals surface area contributed by atoms with Crippen molar-refractivity contribution in [3.05, 3.63) is 11.1 Å². The fourth-order valence-electron chi connectivity index (χ4n) is 1.67. The molecule has 0 heteroatoms. The van der Waals surface area contributed by atoms with Gasteiger partial charge in [-0.2, -0.15) is 0 Å². The van der Waals surface area contributed by atoms with Crippen LogP contribution in [0.3, 0.4) is 0 Å². The van der Waals surface area contributed by atoms with Crippen LogP contribution >= 0.6 is 0 Å². The highest BCUT2D eigenvalue weighted by Crippen LogP contribution is 2.32. The number of hydrogen-bond donors (Lipinski definition) is 0. The molecule has 12 heavy (non-hydrogen) atoms. The third kappa shape index (κ3) is 3.94. The summed E-state index contributed by atoms with van der Waals surface area (Å²) >= 11 is 0. The average Bonchev–Trinajstić information content (AvgIpc) is 1.79. The average molecular weight is 168 g/mol. The predicted octanol–water partition coefficient (Wildman–Crippen LogP) is 4.42. The van der Waals surface area contributed by atoms with Gasteiger partial charge >= 0.3 is 0 Å². The molecule has 0 fully saturated rings. The molecular weight excluding hydrogens is 144 g/mol. The lowest BCUT2D eigenvalue weighted by Crippen LogP contribution is -2.12. The van der Waals surface area contributed by atoms with Crippen molar-refractivity contribution in [3.8, 4) is 0 Å². The van der Waals surface area contributed by atoms with E-state index in [1.807, 2.05) is 0 Å². The first-order valence-corrected chi connectivity index (χ1v) is 4.92. The Bertz CT molecular complexity index is 161. The van der Waals surface area contributed by atoms with E-state index < -0.39 is 0 Å². The van der Waals surface area contributed by atoms with Crippen molar-refractivity contribution in [2.24, 2.45) is 11.3 Å². The van der Waals surface area contributed by atoms with Crippen molar-refractivity contribution in [2.45, 2.75) is 54.9 Å². The minimum Gasteiger partial charge on any atom is -0.0767 e. The Morgan fingerprint density at radius 1 is 1.08 bits per heavy atom. The molecule has 0 aliphatic heterocycles. The van der Waals surface area contributed by atoms with Crippen LogP contribution in [-0.4, -0.2) is 0 Å². The van der Waals surface area contributed by atoms with Gasteiger partial charge in [-0.05, 0) is 31.6 Å². The smallest absolute Gasteiger partial charge is 0.0170 e. The van der Waals surface area contributed by atoms with Crippen LogP contribution in [0.2, 0.25) is 0 Å². The summed E-state index contributed by atoms with van der Waals surface area (Å²) in [6.07, 6.45) is 1.24. The fourth-order valence-corrected chi connectivity index (χ4v) is 1.67. The van der Waals surface area contributed by atoms with Gasteiger partial charge in [0, 0.05) is 0 Å². The zero-order valence-corrected chi connectivity index (χ0v) is 9.78. The quantitative estimate of drug-likeness (QED) is 0.536. The van der Waals surface area contributed by atoms with Gasteiger partial charge in [-0.15, -0.1) is 0 Å². The molecule has 0 spiro atoms. The van der Waals surface area contributed by atoms with E-state index in [9.17, 15) is 0 Å². The van der Waals surface area contributed by atoms with Crippen LogP contribution in [0.5, 0.6) is 0 Å². The van der Waals surface area contributed by atoms with E-state index in [1.54, 1.807) is 5.57 Å². The SMILES string of the molecule is CC(C)=C(CC(C)C)C(C)(C)C. The van der Waals surface area contributed by atoms with E-state index in [2.05, 4.69) is 48.5 Å². The molecular formula is C12H24. The highest BCUT2D eigenvalue weighted by molar-refractivity contribution is 5.17. The fraction of sp³-hybridized carbons (Fsp3) is 0.833. The minimum atomic E-state index is 0.350. The standard InChI is InChI=1S/C12H24/c1-9(2)8-11(10(3)4)12(5,6)7/h9H,8H2,1-7H3. The maximum absolute atomic E-state index is 2.30. The van der Waals surface area contributed by atoms with E-state index in [4.69, 9.17) is 0 Å². The summed E-state index contributed by atoms with van der Waals surface area (Å²) in [4.78, 5) is 0. The van der Waals surface area contributed by atoms with E-state index in [-0.39, 0.29) is 0 Å². The zero-order chi connectivity index (χ0) is 9.94. The first kappa shape index (κ1) is 11.7. The third-order valence-electron chi connectivity index (χ3n) is 2.12. The first-order chi connectivity index (χ1) is 5.25. The zero-order valence-electron chi connectivity index (χ0n) is 9.78. The van der Waals surface area contributed by atoms with Crippen LogP contribution in [0.15, 0.2) is 11.1 Å². The predicted molar refractivity (Wildman–Crippen MR) is 57.3 cm³/mol. The number of hydrogen-bond acceptors (Lipinski definition) is 0. The van der Waals surface area contributed by atoms with Crippen molar-refractivity contribution in [3.63, 3.8) is 0 Å². The minimum absolute atomic E-state index is 0.350. The lowest BCUT2D eigenvalue weighted by Gasteiger charge is -2.26. The van der Waals surface area contributed by atoms with E-state index in [0.29, 0.717) is 5.41 Å². The molecule has 0 saturated carbocycles. The largest absolute Gasteiger partial charge is 0.0767 e. The molecule has 72 valence electrons. The molecule has 0 saturated heterocycles. The van der Waals surface area contributed by atoms with Gasteiger partial charge in [0.2, 0.25) is 0 Å². The second kappa shape index (κ2) is 4.11. The van der Waals surface area contributed by atoms with E-state index >= 15 is 0 Å². The van der Waals surface area contributed by atoms with E-state index in [1.165, 1.54) is 12.0 Å². The van der Waals surface area contributed by atoms with Gasteiger partial charge in [0.1, 0.15) is 0 Å². The third-order valence-corrected chi connectivity index (χ3v) is 2.12. The molecule has 0 atom stereocenters. The molecule has 0 amide bonds. The highest BCUT2D eigenvalue weighted by atomic mass is 14.2. The van der Waals surface area contributed by atoms with Crippen molar-refractivity contribution in [2.75, 3.05) is 0 Å². The molecule has 0 nitrogen and oxygen atoms in total. The molecule has 0 radical (unpaired) electrons. The molecule has 0 aliphatic rings. The summed E-state index contributed by atoms with van der Waals surface area (Å²) in [6, 6.07) is 0. The first-order valence-electron chi connectivity index (χ1n) is 4.92. The van der Waals surface area contributed by atoms with E-state index in [0.717, 1.165) is 5.92 Å². The van der Waals surface area contributed by atoms with Gasteiger partial charge in [0.25, 0.3) is 0 Å². The topological polar surface area (TPSA) is 0 Å². The van der Waals surface area contributed by atoms with Crippen molar-refractivity contribution < 1.29 is 0 Å². The van der Waals surface area contributed by atoms with Crippen LogP contribution in [0.1, 0.15) is 54.9 Å². The molecule has 0 aliphatic carbocycles. The second-order valence-corrected chi connectivity index (χ2v) is 5.33. The van der Waals surface area contributed by atoms with Gasteiger partial charge in [-0.25, -0.2) is 0 Å². The Balaban J connectivity index is 4.60.